The first-order valence-electron chi connectivity index (χ1n) is 6.65. The summed E-state index contributed by atoms with van der Waals surface area (Å²) in [4.78, 5) is 4.53. The molecule has 0 amide bonds. The first-order valence-corrected chi connectivity index (χ1v) is 6.65. The molecule has 0 unspecified atom stereocenters. The first-order chi connectivity index (χ1) is 8.86. The van der Waals surface area contributed by atoms with Crippen molar-refractivity contribution >= 4 is 5.69 Å². The summed E-state index contributed by atoms with van der Waals surface area (Å²) in [6, 6.07) is 6.44. The van der Waals surface area contributed by atoms with Gasteiger partial charge in [-0.1, -0.05) is 6.92 Å². The van der Waals surface area contributed by atoms with Crippen LogP contribution in [0.3, 0.4) is 0 Å². The highest BCUT2D eigenvalue weighted by Crippen LogP contribution is 2.26. The molecule has 0 saturated heterocycles. The lowest BCUT2D eigenvalue weighted by molar-refractivity contribution is 0.830. The van der Waals surface area contributed by atoms with Crippen molar-refractivity contribution in [2.24, 2.45) is 0 Å². The van der Waals surface area contributed by atoms with Gasteiger partial charge in [0, 0.05) is 24.2 Å². The van der Waals surface area contributed by atoms with E-state index in [0.717, 1.165) is 43.0 Å². The Bertz CT molecular complexity index is 544. The van der Waals surface area contributed by atoms with E-state index in [-0.39, 0.29) is 0 Å². The highest BCUT2D eigenvalue weighted by Gasteiger charge is 2.11. The van der Waals surface area contributed by atoms with Crippen LogP contribution in [-0.2, 0) is 12.8 Å². The van der Waals surface area contributed by atoms with Crippen LogP contribution in [0.1, 0.15) is 31.2 Å². The molecule has 1 aromatic heterocycles. The Kier molecular flexibility index (Phi) is 3.00. The normalized spacial score (nSPS) is 14.1. The molecule has 0 fully saturated rings. The van der Waals surface area contributed by atoms with Crippen molar-refractivity contribution in [3.63, 3.8) is 0 Å². The molecule has 4 nitrogen and oxygen atoms in total. The fourth-order valence-electron chi connectivity index (χ4n) is 2.39. The Morgan fingerprint density at radius 2 is 2.28 bits per heavy atom. The average Bonchev–Trinajstić information content (AvgIpc) is 2.87. The molecule has 0 radical (unpaired) electrons. The van der Waals surface area contributed by atoms with Gasteiger partial charge < -0.3 is 5.32 Å². The van der Waals surface area contributed by atoms with Gasteiger partial charge >= 0.3 is 0 Å². The van der Waals surface area contributed by atoms with E-state index in [1.54, 1.807) is 0 Å². The van der Waals surface area contributed by atoms with Gasteiger partial charge in [-0.15, -0.1) is 0 Å². The number of H-pyrrole nitrogens is 1. The first kappa shape index (κ1) is 11.3. The van der Waals surface area contributed by atoms with Gasteiger partial charge in [0.05, 0.1) is 0 Å². The van der Waals surface area contributed by atoms with Crippen LogP contribution in [0.25, 0.3) is 11.4 Å². The van der Waals surface area contributed by atoms with Crippen molar-refractivity contribution in [2.45, 2.75) is 32.6 Å². The van der Waals surface area contributed by atoms with E-state index in [9.17, 15) is 0 Å². The van der Waals surface area contributed by atoms with Gasteiger partial charge in [-0.25, -0.2) is 4.98 Å². The van der Waals surface area contributed by atoms with Crippen LogP contribution in [0.15, 0.2) is 18.2 Å². The van der Waals surface area contributed by atoms with E-state index in [2.05, 4.69) is 45.6 Å². The van der Waals surface area contributed by atoms with Gasteiger partial charge in [-0.05, 0) is 43.0 Å². The molecule has 2 aromatic rings. The molecule has 1 aromatic carbocycles. The smallest absolute Gasteiger partial charge is 0.181 e. The molecular weight excluding hydrogens is 224 g/mol. The van der Waals surface area contributed by atoms with Gasteiger partial charge in [-0.2, -0.15) is 5.10 Å². The molecule has 4 heteroatoms. The predicted molar refractivity (Wildman–Crippen MR) is 72.6 cm³/mol. The minimum absolute atomic E-state index is 0.812. The van der Waals surface area contributed by atoms with Gasteiger partial charge in [0.25, 0.3) is 0 Å². The zero-order chi connectivity index (χ0) is 12.4. The van der Waals surface area contributed by atoms with Gasteiger partial charge in [0.15, 0.2) is 5.82 Å². The summed E-state index contributed by atoms with van der Waals surface area (Å²) in [5, 5.41) is 10.7. The number of aromatic amines is 1. The zero-order valence-corrected chi connectivity index (χ0v) is 10.7. The van der Waals surface area contributed by atoms with Crippen LogP contribution in [-0.4, -0.2) is 21.7 Å². The third kappa shape index (κ3) is 2.10. The maximum absolute atomic E-state index is 4.53. The van der Waals surface area contributed by atoms with Gasteiger partial charge in [0.2, 0.25) is 0 Å². The number of hydrogen-bond acceptors (Lipinski definition) is 3. The van der Waals surface area contributed by atoms with E-state index in [1.165, 1.54) is 17.7 Å². The highest BCUT2D eigenvalue weighted by atomic mass is 15.2. The van der Waals surface area contributed by atoms with Crippen LogP contribution in [0.5, 0.6) is 0 Å². The number of aryl methyl sites for hydroxylation is 2. The molecule has 0 bridgehead atoms. The van der Waals surface area contributed by atoms with Gasteiger partial charge in [-0.3, -0.25) is 5.10 Å². The summed E-state index contributed by atoms with van der Waals surface area (Å²) >= 11 is 0. The molecule has 0 saturated carbocycles. The lowest BCUT2D eigenvalue weighted by Crippen LogP contribution is -2.11. The Morgan fingerprint density at radius 1 is 1.33 bits per heavy atom. The minimum Gasteiger partial charge on any atom is -0.385 e. The van der Waals surface area contributed by atoms with Crippen LogP contribution in [0.4, 0.5) is 5.69 Å². The van der Waals surface area contributed by atoms with E-state index in [1.807, 2.05) is 0 Å². The quantitative estimate of drug-likeness (QED) is 0.870. The molecular formula is C14H18N4. The molecule has 0 spiro atoms. The van der Waals surface area contributed by atoms with Crippen molar-refractivity contribution in [3.05, 3.63) is 29.6 Å². The van der Waals surface area contributed by atoms with Crippen LogP contribution in [0, 0.1) is 0 Å². The van der Waals surface area contributed by atoms with E-state index in [0.29, 0.717) is 0 Å². The number of nitrogens with zero attached hydrogens (tertiary/aromatic N) is 2. The van der Waals surface area contributed by atoms with E-state index >= 15 is 0 Å². The topological polar surface area (TPSA) is 53.6 Å². The van der Waals surface area contributed by atoms with Crippen molar-refractivity contribution in [3.8, 4) is 11.4 Å². The Labute approximate surface area is 107 Å². The second-order valence-electron chi connectivity index (χ2n) is 4.76. The summed E-state index contributed by atoms with van der Waals surface area (Å²) in [6.45, 7) is 3.22. The van der Waals surface area contributed by atoms with Crippen molar-refractivity contribution < 1.29 is 0 Å². The van der Waals surface area contributed by atoms with E-state index < -0.39 is 0 Å². The lowest BCUT2D eigenvalue weighted by Gasteiger charge is -2.18. The lowest BCUT2D eigenvalue weighted by atomic mass is 10.0. The monoisotopic (exact) mass is 242 g/mol. The molecule has 3 rings (SSSR count). The number of nitrogens with one attached hydrogen (secondary N) is 2. The maximum atomic E-state index is 4.53. The number of benzene rings is 1. The fraction of sp³-hybridized carbons (Fsp3) is 0.429. The van der Waals surface area contributed by atoms with Crippen molar-refractivity contribution in [1.29, 1.82) is 0 Å². The standard InChI is InChI=1S/C14H18N4/c1-2-4-13-16-14(18-17-13)11-6-7-12-10(9-11)5-3-8-15-12/h6-7,9,15H,2-5,8H2,1H3,(H,16,17,18). The number of fused-ring (bicyclic) bond motifs is 1. The number of hydrogen-bond donors (Lipinski definition) is 2. The van der Waals surface area contributed by atoms with Crippen molar-refractivity contribution in [2.75, 3.05) is 11.9 Å². The number of aromatic nitrogens is 3. The van der Waals surface area contributed by atoms with Crippen LogP contribution in [0.2, 0.25) is 0 Å². The molecule has 1 aliphatic rings. The summed E-state index contributed by atoms with van der Waals surface area (Å²) in [7, 11) is 0. The molecule has 1 aliphatic heterocycles. The second kappa shape index (κ2) is 4.80. The average molecular weight is 242 g/mol. The number of rotatable bonds is 3. The SMILES string of the molecule is CCCc1nc(-c2ccc3c(c2)CCCN3)n[nH]1. The predicted octanol–water partition coefficient (Wildman–Crippen LogP) is 2.78. The van der Waals surface area contributed by atoms with Crippen LogP contribution < -0.4 is 5.32 Å². The second-order valence-corrected chi connectivity index (χ2v) is 4.76. The van der Waals surface area contributed by atoms with Gasteiger partial charge in [0.1, 0.15) is 5.82 Å². The van der Waals surface area contributed by atoms with Crippen molar-refractivity contribution in [1.82, 2.24) is 15.2 Å². The highest BCUT2D eigenvalue weighted by molar-refractivity contribution is 5.64. The Morgan fingerprint density at radius 3 is 3.17 bits per heavy atom. The molecule has 94 valence electrons. The molecule has 0 aliphatic carbocycles. The largest absolute Gasteiger partial charge is 0.385 e. The third-order valence-electron chi connectivity index (χ3n) is 3.32. The number of anilines is 1. The molecule has 2 N–H and O–H groups in total. The Balaban J connectivity index is 1.91. The maximum Gasteiger partial charge on any atom is 0.181 e. The summed E-state index contributed by atoms with van der Waals surface area (Å²) in [6.07, 6.45) is 4.39. The molecule has 18 heavy (non-hydrogen) atoms. The molecule has 2 heterocycles. The van der Waals surface area contributed by atoms with E-state index in [4.69, 9.17) is 0 Å². The summed E-state index contributed by atoms with van der Waals surface area (Å²) in [5.74, 6) is 1.79. The Hall–Kier alpha value is -1.84. The molecule has 0 atom stereocenters. The third-order valence-corrected chi connectivity index (χ3v) is 3.32. The summed E-state index contributed by atoms with van der Waals surface area (Å²) < 4.78 is 0. The minimum atomic E-state index is 0.812. The summed E-state index contributed by atoms with van der Waals surface area (Å²) in [5.41, 5.74) is 3.74. The van der Waals surface area contributed by atoms with Crippen LogP contribution >= 0.6 is 0 Å². The fourth-order valence-corrected chi connectivity index (χ4v) is 2.39. The zero-order valence-electron chi connectivity index (χ0n) is 10.7.